The number of carboxylic acid groups (broad SMARTS) is 1. The molecule has 0 heterocycles. The van der Waals surface area contributed by atoms with Crippen LogP contribution in [0, 0.1) is 0 Å². The number of unbranched alkanes of at least 4 members (excludes halogenated alkanes) is 1. The second-order valence-electron chi connectivity index (χ2n) is 5.98. The van der Waals surface area contributed by atoms with Crippen LogP contribution in [0.4, 0.5) is 0 Å². The third-order valence-corrected chi connectivity index (χ3v) is 3.46. The third kappa shape index (κ3) is 10.8. The van der Waals surface area contributed by atoms with Crippen LogP contribution in [0.1, 0.15) is 32.6 Å². The minimum atomic E-state index is -1.51. The fourth-order valence-electron chi connectivity index (χ4n) is 2.01. The summed E-state index contributed by atoms with van der Waals surface area (Å²) in [5, 5.41) is 15.9. The van der Waals surface area contributed by atoms with Gasteiger partial charge in [-0.25, -0.2) is 4.79 Å². The molecule has 10 N–H and O–H groups in total. The lowest BCUT2D eigenvalue weighted by molar-refractivity contribution is -0.143. The number of amides is 4. The zero-order chi connectivity index (χ0) is 21.0. The van der Waals surface area contributed by atoms with E-state index in [0.29, 0.717) is 19.4 Å². The number of hydrogen-bond donors (Lipinski definition) is 7. The standard InChI is InChI=1S/C15H28N6O6/c1-8(17)13(24)19-7-12(23)20-9(4-2-3-5-16)14(25)21-10(15(26)27)6-11(18)22/h8-10H,2-7,16-17H2,1H3,(H2,18,22)(H,19,24)(H,20,23)(H,21,25)(H,26,27). The van der Waals surface area contributed by atoms with E-state index in [4.69, 9.17) is 22.3 Å². The smallest absolute Gasteiger partial charge is 0.326 e. The molecule has 27 heavy (non-hydrogen) atoms. The summed E-state index contributed by atoms with van der Waals surface area (Å²) in [6.07, 6.45) is 0.688. The Labute approximate surface area is 156 Å². The molecule has 12 heteroatoms. The van der Waals surface area contributed by atoms with Crippen LogP contribution in [0.15, 0.2) is 0 Å². The van der Waals surface area contributed by atoms with E-state index in [1.54, 1.807) is 0 Å². The van der Waals surface area contributed by atoms with E-state index in [-0.39, 0.29) is 6.42 Å². The number of nitrogens with two attached hydrogens (primary N) is 3. The molecule has 0 rings (SSSR count). The average Bonchev–Trinajstić information content (AvgIpc) is 2.57. The van der Waals surface area contributed by atoms with Gasteiger partial charge in [0, 0.05) is 0 Å². The van der Waals surface area contributed by atoms with E-state index in [0.717, 1.165) is 0 Å². The predicted molar refractivity (Wildman–Crippen MR) is 94.9 cm³/mol. The molecule has 0 bridgehead atoms. The van der Waals surface area contributed by atoms with Crippen molar-refractivity contribution in [2.75, 3.05) is 13.1 Å². The molecule has 0 aliphatic rings. The van der Waals surface area contributed by atoms with Gasteiger partial charge in [-0.05, 0) is 32.7 Å². The van der Waals surface area contributed by atoms with E-state index in [1.807, 2.05) is 0 Å². The third-order valence-electron chi connectivity index (χ3n) is 3.46. The van der Waals surface area contributed by atoms with Crippen molar-refractivity contribution in [1.29, 1.82) is 0 Å². The van der Waals surface area contributed by atoms with Crippen LogP contribution in [0.2, 0.25) is 0 Å². The van der Waals surface area contributed by atoms with Crippen molar-refractivity contribution in [2.24, 2.45) is 17.2 Å². The van der Waals surface area contributed by atoms with Crippen LogP contribution in [0.3, 0.4) is 0 Å². The van der Waals surface area contributed by atoms with Crippen molar-refractivity contribution in [3.63, 3.8) is 0 Å². The first kappa shape index (κ1) is 24.3. The first-order chi connectivity index (χ1) is 12.6. The Kier molecular flexibility index (Phi) is 11.3. The van der Waals surface area contributed by atoms with Gasteiger partial charge in [0.05, 0.1) is 19.0 Å². The SMILES string of the molecule is CC(N)C(=O)NCC(=O)NC(CCCCN)C(=O)NC(CC(N)=O)C(=O)O. The Morgan fingerprint density at radius 3 is 2.11 bits per heavy atom. The molecule has 0 saturated heterocycles. The first-order valence-corrected chi connectivity index (χ1v) is 8.42. The van der Waals surface area contributed by atoms with Crippen LogP contribution in [0.25, 0.3) is 0 Å². The molecule has 0 aliphatic heterocycles. The average molecular weight is 388 g/mol. The summed E-state index contributed by atoms with van der Waals surface area (Å²) in [5.74, 6) is -4.31. The Morgan fingerprint density at radius 1 is 1.00 bits per heavy atom. The molecule has 0 aromatic heterocycles. The monoisotopic (exact) mass is 388 g/mol. The lowest BCUT2D eigenvalue weighted by atomic mass is 10.1. The highest BCUT2D eigenvalue weighted by molar-refractivity contribution is 5.93. The molecule has 0 saturated carbocycles. The lowest BCUT2D eigenvalue weighted by Crippen LogP contribution is -2.54. The van der Waals surface area contributed by atoms with E-state index in [9.17, 15) is 24.0 Å². The Balaban J connectivity index is 4.91. The van der Waals surface area contributed by atoms with E-state index in [1.165, 1.54) is 6.92 Å². The first-order valence-electron chi connectivity index (χ1n) is 8.42. The number of carbonyl (C=O) groups is 5. The second kappa shape index (κ2) is 12.6. The lowest BCUT2D eigenvalue weighted by Gasteiger charge is -2.21. The van der Waals surface area contributed by atoms with Gasteiger partial charge in [-0.1, -0.05) is 0 Å². The zero-order valence-electron chi connectivity index (χ0n) is 15.2. The number of nitrogens with one attached hydrogen (secondary N) is 3. The molecule has 0 aromatic carbocycles. The van der Waals surface area contributed by atoms with E-state index in [2.05, 4.69) is 16.0 Å². The largest absolute Gasteiger partial charge is 0.480 e. The van der Waals surface area contributed by atoms with Gasteiger partial charge in [-0.15, -0.1) is 0 Å². The number of rotatable bonds is 13. The summed E-state index contributed by atoms with van der Waals surface area (Å²) in [5.41, 5.74) is 15.7. The maximum Gasteiger partial charge on any atom is 0.326 e. The van der Waals surface area contributed by atoms with Gasteiger partial charge in [0.25, 0.3) is 0 Å². The van der Waals surface area contributed by atoms with Gasteiger partial charge in [-0.3, -0.25) is 19.2 Å². The van der Waals surface area contributed by atoms with Gasteiger partial charge >= 0.3 is 5.97 Å². The van der Waals surface area contributed by atoms with Crippen LogP contribution in [-0.4, -0.2) is 65.9 Å². The van der Waals surface area contributed by atoms with Crippen molar-refractivity contribution in [3.8, 4) is 0 Å². The van der Waals surface area contributed by atoms with Crippen molar-refractivity contribution in [2.45, 2.75) is 50.7 Å². The number of carbonyl (C=O) groups excluding carboxylic acids is 4. The number of aliphatic carboxylic acids is 1. The van der Waals surface area contributed by atoms with Crippen LogP contribution in [0.5, 0.6) is 0 Å². The Morgan fingerprint density at radius 2 is 1.63 bits per heavy atom. The molecule has 0 radical (unpaired) electrons. The van der Waals surface area contributed by atoms with Gasteiger partial charge in [0.1, 0.15) is 12.1 Å². The summed E-state index contributed by atoms with van der Waals surface area (Å²) >= 11 is 0. The Hall–Kier alpha value is -2.73. The summed E-state index contributed by atoms with van der Waals surface area (Å²) in [6.45, 7) is 1.43. The molecule has 0 aromatic rings. The summed E-state index contributed by atoms with van der Waals surface area (Å²) in [4.78, 5) is 57.7. The molecular weight excluding hydrogens is 360 g/mol. The van der Waals surface area contributed by atoms with Crippen LogP contribution < -0.4 is 33.2 Å². The summed E-state index contributed by atoms with van der Waals surface area (Å²) < 4.78 is 0. The highest BCUT2D eigenvalue weighted by atomic mass is 16.4. The topological polar surface area (TPSA) is 220 Å². The minimum absolute atomic E-state index is 0.193. The van der Waals surface area contributed by atoms with Crippen molar-refractivity contribution < 1.29 is 29.1 Å². The number of primary amides is 1. The maximum absolute atomic E-state index is 12.3. The minimum Gasteiger partial charge on any atom is -0.480 e. The van der Waals surface area contributed by atoms with Crippen molar-refractivity contribution in [3.05, 3.63) is 0 Å². The fourth-order valence-corrected chi connectivity index (χ4v) is 2.01. The molecule has 0 spiro atoms. The molecule has 0 fully saturated rings. The molecule has 0 aliphatic carbocycles. The van der Waals surface area contributed by atoms with E-state index < -0.39 is 60.7 Å². The molecule has 3 unspecified atom stereocenters. The van der Waals surface area contributed by atoms with Crippen LogP contribution >= 0.6 is 0 Å². The number of hydrogen-bond acceptors (Lipinski definition) is 7. The zero-order valence-corrected chi connectivity index (χ0v) is 15.2. The summed E-state index contributed by atoms with van der Waals surface area (Å²) in [6, 6.07) is -3.38. The van der Waals surface area contributed by atoms with Crippen molar-refractivity contribution in [1.82, 2.24) is 16.0 Å². The predicted octanol–water partition coefficient (Wildman–Crippen LogP) is -3.49. The molecular formula is C15H28N6O6. The molecule has 4 amide bonds. The highest BCUT2D eigenvalue weighted by Gasteiger charge is 2.27. The number of carboxylic acids is 1. The Bertz CT molecular complexity index is 553. The molecule has 154 valence electrons. The quantitative estimate of drug-likeness (QED) is 0.156. The van der Waals surface area contributed by atoms with Gasteiger partial charge in [-0.2, -0.15) is 0 Å². The van der Waals surface area contributed by atoms with Gasteiger partial charge < -0.3 is 38.3 Å². The highest BCUT2D eigenvalue weighted by Crippen LogP contribution is 2.03. The second-order valence-corrected chi connectivity index (χ2v) is 5.98. The van der Waals surface area contributed by atoms with Crippen molar-refractivity contribution >= 4 is 29.6 Å². The van der Waals surface area contributed by atoms with Gasteiger partial charge in [0.15, 0.2) is 0 Å². The van der Waals surface area contributed by atoms with Gasteiger partial charge in [0.2, 0.25) is 23.6 Å². The molecule has 12 nitrogen and oxygen atoms in total. The van der Waals surface area contributed by atoms with E-state index >= 15 is 0 Å². The van der Waals surface area contributed by atoms with Crippen LogP contribution in [-0.2, 0) is 24.0 Å². The summed E-state index contributed by atoms with van der Waals surface area (Å²) in [7, 11) is 0. The molecule has 3 atom stereocenters. The normalized spacial score (nSPS) is 13.7. The maximum atomic E-state index is 12.3. The fraction of sp³-hybridized carbons (Fsp3) is 0.667.